The standard InChI is InChI=1S/C25H25N3O4/c1-17-23(32-15-14-31-17)25(29)27-12-13-28-21(16-27)22(18-8-10-20(30-2)11-9-18)26-24(28)19-6-4-3-5-7-19/h3-11H,12-16H2,1-2H3. The third-order valence-corrected chi connectivity index (χ3v) is 5.85. The molecule has 32 heavy (non-hydrogen) atoms. The van der Waals surface area contributed by atoms with Crippen molar-refractivity contribution in [3.63, 3.8) is 0 Å². The summed E-state index contributed by atoms with van der Waals surface area (Å²) in [4.78, 5) is 20.0. The van der Waals surface area contributed by atoms with Gasteiger partial charge in [-0.3, -0.25) is 4.79 Å². The van der Waals surface area contributed by atoms with Crippen LogP contribution < -0.4 is 4.74 Å². The molecule has 2 aliphatic heterocycles. The van der Waals surface area contributed by atoms with Crippen LogP contribution in [0.1, 0.15) is 12.6 Å². The predicted octanol–water partition coefficient (Wildman–Crippen LogP) is 3.85. The Bertz CT molecular complexity index is 1170. The summed E-state index contributed by atoms with van der Waals surface area (Å²) in [7, 11) is 1.65. The van der Waals surface area contributed by atoms with Crippen LogP contribution in [0.15, 0.2) is 66.1 Å². The molecule has 5 rings (SSSR count). The summed E-state index contributed by atoms with van der Waals surface area (Å²) >= 11 is 0. The zero-order chi connectivity index (χ0) is 22.1. The fourth-order valence-electron chi connectivity index (χ4n) is 4.19. The van der Waals surface area contributed by atoms with Crippen molar-refractivity contribution in [2.45, 2.75) is 20.0 Å². The number of nitrogens with zero attached hydrogens (tertiary/aromatic N) is 3. The second-order valence-corrected chi connectivity index (χ2v) is 7.79. The minimum Gasteiger partial charge on any atom is -0.497 e. The number of aromatic nitrogens is 2. The highest BCUT2D eigenvalue weighted by molar-refractivity contribution is 5.92. The van der Waals surface area contributed by atoms with Crippen LogP contribution in [0.3, 0.4) is 0 Å². The lowest BCUT2D eigenvalue weighted by Gasteiger charge is -2.31. The van der Waals surface area contributed by atoms with E-state index in [4.69, 9.17) is 19.2 Å². The van der Waals surface area contributed by atoms with Crippen molar-refractivity contribution in [2.75, 3.05) is 26.9 Å². The third-order valence-electron chi connectivity index (χ3n) is 5.85. The zero-order valence-corrected chi connectivity index (χ0v) is 18.2. The monoisotopic (exact) mass is 431 g/mol. The summed E-state index contributed by atoms with van der Waals surface area (Å²) in [6.07, 6.45) is 0. The molecule has 0 N–H and O–H groups in total. The van der Waals surface area contributed by atoms with Crippen molar-refractivity contribution in [1.82, 2.24) is 14.5 Å². The highest BCUT2D eigenvalue weighted by Crippen LogP contribution is 2.33. The molecule has 2 aliphatic rings. The molecular formula is C25H25N3O4. The summed E-state index contributed by atoms with van der Waals surface area (Å²) in [6, 6.07) is 18.0. The van der Waals surface area contributed by atoms with Crippen molar-refractivity contribution < 1.29 is 19.0 Å². The Morgan fingerprint density at radius 3 is 2.44 bits per heavy atom. The van der Waals surface area contributed by atoms with E-state index >= 15 is 0 Å². The number of fused-ring (bicyclic) bond motifs is 1. The maximum Gasteiger partial charge on any atom is 0.292 e. The van der Waals surface area contributed by atoms with Gasteiger partial charge in [-0.05, 0) is 31.2 Å². The molecule has 7 nitrogen and oxygen atoms in total. The molecule has 1 amide bonds. The Morgan fingerprint density at radius 1 is 0.969 bits per heavy atom. The number of ether oxygens (including phenoxy) is 3. The van der Waals surface area contributed by atoms with Crippen LogP contribution >= 0.6 is 0 Å². The van der Waals surface area contributed by atoms with Gasteiger partial charge in [0.05, 0.1) is 25.0 Å². The van der Waals surface area contributed by atoms with Gasteiger partial charge in [0.25, 0.3) is 5.91 Å². The summed E-state index contributed by atoms with van der Waals surface area (Å²) in [5, 5.41) is 0. The molecule has 0 atom stereocenters. The van der Waals surface area contributed by atoms with Gasteiger partial charge in [0.2, 0.25) is 5.76 Å². The number of hydrogen-bond donors (Lipinski definition) is 0. The largest absolute Gasteiger partial charge is 0.497 e. The van der Waals surface area contributed by atoms with E-state index in [9.17, 15) is 4.79 Å². The van der Waals surface area contributed by atoms with Gasteiger partial charge in [0.1, 0.15) is 30.5 Å². The van der Waals surface area contributed by atoms with Gasteiger partial charge < -0.3 is 23.7 Å². The molecule has 0 bridgehead atoms. The number of imidazole rings is 1. The molecular weight excluding hydrogens is 406 g/mol. The number of carbonyl (C=O) groups is 1. The molecule has 0 unspecified atom stereocenters. The number of carbonyl (C=O) groups excluding carboxylic acids is 1. The van der Waals surface area contributed by atoms with E-state index in [-0.39, 0.29) is 5.91 Å². The fourth-order valence-corrected chi connectivity index (χ4v) is 4.19. The van der Waals surface area contributed by atoms with Gasteiger partial charge in [-0.2, -0.15) is 0 Å². The molecule has 3 aromatic rings. The first-order valence-corrected chi connectivity index (χ1v) is 10.7. The highest BCUT2D eigenvalue weighted by Gasteiger charge is 2.31. The van der Waals surface area contributed by atoms with Crippen LogP contribution in [-0.2, 0) is 27.4 Å². The second-order valence-electron chi connectivity index (χ2n) is 7.79. The molecule has 0 aliphatic carbocycles. The number of allylic oxidation sites excluding steroid dienone is 1. The molecule has 2 aromatic carbocycles. The van der Waals surface area contributed by atoms with Gasteiger partial charge in [0.15, 0.2) is 0 Å². The van der Waals surface area contributed by atoms with Crippen molar-refractivity contribution in [1.29, 1.82) is 0 Å². The van der Waals surface area contributed by atoms with Crippen LogP contribution in [0.2, 0.25) is 0 Å². The summed E-state index contributed by atoms with van der Waals surface area (Å²) < 4.78 is 18.7. The van der Waals surface area contributed by atoms with E-state index in [0.717, 1.165) is 34.1 Å². The minimum absolute atomic E-state index is 0.142. The summed E-state index contributed by atoms with van der Waals surface area (Å²) in [6.45, 7) is 4.31. The highest BCUT2D eigenvalue weighted by atomic mass is 16.6. The van der Waals surface area contributed by atoms with Crippen molar-refractivity contribution in [3.8, 4) is 28.4 Å². The zero-order valence-electron chi connectivity index (χ0n) is 18.2. The lowest BCUT2D eigenvalue weighted by molar-refractivity contribution is -0.134. The van der Waals surface area contributed by atoms with Crippen LogP contribution in [0.25, 0.3) is 22.6 Å². The van der Waals surface area contributed by atoms with Crippen LogP contribution in [-0.4, -0.2) is 47.2 Å². The Balaban J connectivity index is 1.55. The first kappa shape index (κ1) is 20.2. The van der Waals surface area contributed by atoms with Gasteiger partial charge in [0, 0.05) is 24.2 Å². The molecule has 1 aromatic heterocycles. The van der Waals surface area contributed by atoms with E-state index in [1.54, 1.807) is 14.0 Å². The first-order valence-electron chi connectivity index (χ1n) is 10.7. The number of hydrogen-bond acceptors (Lipinski definition) is 5. The Hall–Kier alpha value is -3.74. The summed E-state index contributed by atoms with van der Waals surface area (Å²) in [5.74, 6) is 2.40. The third kappa shape index (κ3) is 3.60. The minimum atomic E-state index is -0.142. The number of benzene rings is 2. The lowest BCUT2D eigenvalue weighted by atomic mass is 10.1. The summed E-state index contributed by atoms with van der Waals surface area (Å²) in [5.41, 5.74) is 3.91. The molecule has 0 spiro atoms. The maximum absolute atomic E-state index is 13.2. The van der Waals surface area contributed by atoms with Gasteiger partial charge in [-0.25, -0.2) is 4.98 Å². The molecule has 0 fully saturated rings. The fraction of sp³-hybridized carbons (Fsp3) is 0.280. The van der Waals surface area contributed by atoms with Crippen LogP contribution in [0.4, 0.5) is 0 Å². The topological polar surface area (TPSA) is 65.8 Å². The van der Waals surface area contributed by atoms with Crippen LogP contribution in [0, 0.1) is 0 Å². The van der Waals surface area contributed by atoms with E-state index in [1.165, 1.54) is 0 Å². The molecule has 164 valence electrons. The van der Waals surface area contributed by atoms with Crippen molar-refractivity contribution >= 4 is 5.91 Å². The van der Waals surface area contributed by atoms with E-state index in [0.29, 0.717) is 44.4 Å². The predicted molar refractivity (Wildman–Crippen MR) is 120 cm³/mol. The Kier molecular flexibility index (Phi) is 5.31. The molecule has 7 heteroatoms. The van der Waals surface area contributed by atoms with Gasteiger partial charge in [-0.15, -0.1) is 0 Å². The van der Waals surface area contributed by atoms with E-state index < -0.39 is 0 Å². The van der Waals surface area contributed by atoms with Crippen molar-refractivity contribution in [2.24, 2.45) is 0 Å². The Labute approximate surface area is 186 Å². The SMILES string of the molecule is COc1ccc(-c2nc(-c3ccccc3)n3c2CN(C(=O)C2=C(C)OCCO2)CC3)cc1. The van der Waals surface area contributed by atoms with Gasteiger partial charge >= 0.3 is 0 Å². The molecule has 0 radical (unpaired) electrons. The Morgan fingerprint density at radius 2 is 1.72 bits per heavy atom. The molecule has 0 saturated carbocycles. The maximum atomic E-state index is 13.2. The average molecular weight is 431 g/mol. The van der Waals surface area contributed by atoms with Crippen molar-refractivity contribution in [3.05, 3.63) is 71.8 Å². The number of rotatable bonds is 4. The normalized spacial score (nSPS) is 15.6. The average Bonchev–Trinajstić information content (AvgIpc) is 3.23. The second kappa shape index (κ2) is 8.42. The molecule has 3 heterocycles. The van der Waals surface area contributed by atoms with Crippen LogP contribution in [0.5, 0.6) is 5.75 Å². The molecule has 0 saturated heterocycles. The van der Waals surface area contributed by atoms with Gasteiger partial charge in [-0.1, -0.05) is 30.3 Å². The van der Waals surface area contributed by atoms with E-state index in [2.05, 4.69) is 16.7 Å². The quantitative estimate of drug-likeness (QED) is 0.628. The number of methoxy groups -OCH3 is 1. The first-order chi connectivity index (χ1) is 15.7. The smallest absolute Gasteiger partial charge is 0.292 e. The van der Waals surface area contributed by atoms with E-state index in [1.807, 2.05) is 47.4 Å². The number of amides is 1. The lowest BCUT2D eigenvalue weighted by Crippen LogP contribution is -2.40.